The molecule has 2 saturated heterocycles. The van der Waals surface area contributed by atoms with E-state index < -0.39 is 10.0 Å². The predicted octanol–water partition coefficient (Wildman–Crippen LogP) is 2.45. The summed E-state index contributed by atoms with van der Waals surface area (Å²) in [7, 11) is -3.46. The molecular weight excluding hydrogens is 386 g/mol. The van der Waals surface area contributed by atoms with Crippen molar-refractivity contribution in [2.75, 3.05) is 44.2 Å². The second kappa shape index (κ2) is 8.45. The van der Waals surface area contributed by atoms with E-state index in [1.165, 1.54) is 5.69 Å². The van der Waals surface area contributed by atoms with Crippen LogP contribution >= 0.6 is 0 Å². The molecule has 29 heavy (non-hydrogen) atoms. The fraction of sp³-hybridized carbons (Fsp3) is 0.571. The van der Waals surface area contributed by atoms with Gasteiger partial charge in [-0.1, -0.05) is 24.6 Å². The van der Waals surface area contributed by atoms with Crippen LogP contribution in [0.4, 0.5) is 5.69 Å². The Morgan fingerprint density at radius 3 is 2.21 bits per heavy atom. The molecule has 3 heterocycles. The van der Waals surface area contributed by atoms with Gasteiger partial charge >= 0.3 is 0 Å². The first-order valence-corrected chi connectivity index (χ1v) is 12.0. The third kappa shape index (κ3) is 4.20. The SMILES string of the molecule is Cc1nn(CN2CCN(c3ccccc3)CC2)c(C)c1S(=O)(=O)N1CCCCC1. The van der Waals surface area contributed by atoms with Crippen molar-refractivity contribution in [3.8, 4) is 0 Å². The number of aryl methyl sites for hydroxylation is 1. The summed E-state index contributed by atoms with van der Waals surface area (Å²) in [5.74, 6) is 0. The molecule has 2 aliphatic rings. The molecule has 8 heteroatoms. The largest absolute Gasteiger partial charge is 0.369 e. The molecule has 2 aromatic rings. The predicted molar refractivity (Wildman–Crippen MR) is 115 cm³/mol. The molecule has 0 amide bonds. The number of piperazine rings is 1. The van der Waals surface area contributed by atoms with Gasteiger partial charge in [-0.2, -0.15) is 9.40 Å². The molecule has 158 valence electrons. The van der Waals surface area contributed by atoms with Crippen LogP contribution in [0.2, 0.25) is 0 Å². The first-order chi connectivity index (χ1) is 14.0. The van der Waals surface area contributed by atoms with E-state index in [2.05, 4.69) is 39.2 Å². The van der Waals surface area contributed by atoms with Crippen LogP contribution in [0.25, 0.3) is 0 Å². The van der Waals surface area contributed by atoms with Crippen LogP contribution in [-0.4, -0.2) is 66.7 Å². The van der Waals surface area contributed by atoms with Gasteiger partial charge in [0.2, 0.25) is 10.0 Å². The standard InChI is InChI=1S/C21H31N5O2S/c1-18-21(29(27,28)25-11-7-4-8-12-25)19(2)26(22-18)17-23-13-15-24(16-14-23)20-9-5-3-6-10-20/h3,5-6,9-10H,4,7-8,11-17H2,1-2H3. The summed E-state index contributed by atoms with van der Waals surface area (Å²) in [5, 5.41) is 4.60. The summed E-state index contributed by atoms with van der Waals surface area (Å²) in [5.41, 5.74) is 2.61. The van der Waals surface area contributed by atoms with E-state index >= 15 is 0 Å². The third-order valence-corrected chi connectivity index (χ3v) is 8.21. The lowest BCUT2D eigenvalue weighted by Gasteiger charge is -2.36. The van der Waals surface area contributed by atoms with Gasteiger partial charge in [0, 0.05) is 45.0 Å². The quantitative estimate of drug-likeness (QED) is 0.748. The lowest BCUT2D eigenvalue weighted by molar-refractivity contribution is 0.193. The molecule has 2 fully saturated rings. The van der Waals surface area contributed by atoms with Crippen LogP contribution in [0, 0.1) is 13.8 Å². The summed E-state index contributed by atoms with van der Waals surface area (Å²) in [6.07, 6.45) is 2.99. The molecular formula is C21H31N5O2S. The van der Waals surface area contributed by atoms with Crippen LogP contribution in [0.3, 0.4) is 0 Å². The number of aromatic nitrogens is 2. The highest BCUT2D eigenvalue weighted by atomic mass is 32.2. The highest BCUT2D eigenvalue weighted by Gasteiger charge is 2.32. The zero-order chi connectivity index (χ0) is 20.4. The van der Waals surface area contributed by atoms with Gasteiger partial charge < -0.3 is 4.90 Å². The number of sulfonamides is 1. The van der Waals surface area contributed by atoms with E-state index in [9.17, 15) is 8.42 Å². The summed E-state index contributed by atoms with van der Waals surface area (Å²) in [6, 6.07) is 10.5. The van der Waals surface area contributed by atoms with Crippen molar-refractivity contribution in [2.45, 2.75) is 44.7 Å². The van der Waals surface area contributed by atoms with Crippen LogP contribution < -0.4 is 4.90 Å². The molecule has 1 aromatic carbocycles. The average Bonchev–Trinajstić information content (AvgIpc) is 3.03. The Morgan fingerprint density at radius 1 is 0.897 bits per heavy atom. The number of nitrogens with zero attached hydrogens (tertiary/aromatic N) is 5. The molecule has 4 rings (SSSR count). The van der Waals surface area contributed by atoms with E-state index in [4.69, 9.17) is 0 Å². The van der Waals surface area contributed by atoms with Crippen LogP contribution in [0.5, 0.6) is 0 Å². The molecule has 0 aliphatic carbocycles. The summed E-state index contributed by atoms with van der Waals surface area (Å²) < 4.78 is 29.9. The number of hydrogen-bond acceptors (Lipinski definition) is 5. The van der Waals surface area contributed by atoms with Crippen LogP contribution in [0.1, 0.15) is 30.7 Å². The first kappa shape index (κ1) is 20.4. The molecule has 0 unspecified atom stereocenters. The van der Waals surface area contributed by atoms with Crippen LogP contribution in [0.15, 0.2) is 35.2 Å². The lowest BCUT2D eigenvalue weighted by Crippen LogP contribution is -2.47. The van der Waals surface area contributed by atoms with Crippen molar-refractivity contribution in [3.63, 3.8) is 0 Å². The highest BCUT2D eigenvalue weighted by molar-refractivity contribution is 7.89. The van der Waals surface area contributed by atoms with Gasteiger partial charge in [-0.05, 0) is 38.8 Å². The number of piperidine rings is 1. The smallest absolute Gasteiger partial charge is 0.246 e. The molecule has 0 N–H and O–H groups in total. The van der Waals surface area contributed by atoms with Crippen molar-refractivity contribution < 1.29 is 8.42 Å². The Labute approximate surface area is 174 Å². The Balaban J connectivity index is 1.45. The second-order valence-electron chi connectivity index (χ2n) is 8.05. The summed E-state index contributed by atoms with van der Waals surface area (Å²) in [6.45, 7) is 9.35. The number of anilines is 1. The Morgan fingerprint density at radius 2 is 1.55 bits per heavy atom. The van der Waals surface area contributed by atoms with Gasteiger partial charge in [0.25, 0.3) is 0 Å². The number of hydrogen-bond donors (Lipinski definition) is 0. The molecule has 0 atom stereocenters. The number of para-hydroxylation sites is 1. The molecule has 2 aliphatic heterocycles. The summed E-state index contributed by atoms with van der Waals surface area (Å²) >= 11 is 0. The Kier molecular flexibility index (Phi) is 5.94. The monoisotopic (exact) mass is 417 g/mol. The van der Waals surface area contributed by atoms with E-state index in [1.807, 2.05) is 24.6 Å². The molecule has 0 bridgehead atoms. The topological polar surface area (TPSA) is 61.7 Å². The average molecular weight is 418 g/mol. The van der Waals surface area contributed by atoms with Crippen molar-refractivity contribution in [2.24, 2.45) is 0 Å². The second-order valence-corrected chi connectivity index (χ2v) is 9.92. The Hall–Kier alpha value is -1.90. The zero-order valence-electron chi connectivity index (χ0n) is 17.4. The van der Waals surface area contributed by atoms with E-state index in [0.29, 0.717) is 30.3 Å². The van der Waals surface area contributed by atoms with E-state index in [-0.39, 0.29) is 0 Å². The van der Waals surface area contributed by atoms with Gasteiger partial charge in [0.15, 0.2) is 0 Å². The first-order valence-electron chi connectivity index (χ1n) is 10.5. The highest BCUT2D eigenvalue weighted by Crippen LogP contribution is 2.26. The van der Waals surface area contributed by atoms with E-state index in [1.54, 1.807) is 4.31 Å². The van der Waals surface area contributed by atoms with Gasteiger partial charge in [-0.25, -0.2) is 8.42 Å². The van der Waals surface area contributed by atoms with Crippen molar-refractivity contribution in [1.82, 2.24) is 19.0 Å². The fourth-order valence-corrected chi connectivity index (χ4v) is 6.29. The third-order valence-electron chi connectivity index (χ3n) is 6.06. The van der Waals surface area contributed by atoms with Gasteiger partial charge in [0.05, 0.1) is 18.1 Å². The maximum Gasteiger partial charge on any atom is 0.246 e. The normalized spacial score (nSPS) is 19.6. The van der Waals surface area contributed by atoms with Crippen molar-refractivity contribution in [3.05, 3.63) is 41.7 Å². The van der Waals surface area contributed by atoms with Crippen molar-refractivity contribution >= 4 is 15.7 Å². The van der Waals surface area contributed by atoms with Crippen molar-refractivity contribution in [1.29, 1.82) is 0 Å². The molecule has 0 spiro atoms. The fourth-order valence-electron chi connectivity index (χ4n) is 4.40. The molecule has 1 aromatic heterocycles. The van der Waals surface area contributed by atoms with Gasteiger partial charge in [0.1, 0.15) is 4.90 Å². The lowest BCUT2D eigenvalue weighted by atomic mass is 10.2. The maximum absolute atomic E-state index is 13.2. The minimum Gasteiger partial charge on any atom is -0.369 e. The van der Waals surface area contributed by atoms with E-state index in [0.717, 1.165) is 51.1 Å². The van der Waals surface area contributed by atoms with Crippen LogP contribution in [-0.2, 0) is 16.7 Å². The minimum absolute atomic E-state index is 0.405. The van der Waals surface area contributed by atoms with Gasteiger partial charge in [-0.15, -0.1) is 0 Å². The Bertz CT molecular complexity index is 927. The molecule has 0 radical (unpaired) electrons. The molecule has 7 nitrogen and oxygen atoms in total. The number of benzene rings is 1. The minimum atomic E-state index is -3.46. The van der Waals surface area contributed by atoms with Gasteiger partial charge in [-0.3, -0.25) is 9.58 Å². The zero-order valence-corrected chi connectivity index (χ0v) is 18.2. The number of rotatable bonds is 5. The summed E-state index contributed by atoms with van der Waals surface area (Å²) in [4.78, 5) is 5.14. The molecule has 0 saturated carbocycles. The maximum atomic E-state index is 13.2.